The summed E-state index contributed by atoms with van der Waals surface area (Å²) in [6.45, 7) is 15.7. The quantitative estimate of drug-likeness (QED) is 0.895. The highest BCUT2D eigenvalue weighted by molar-refractivity contribution is 5.96. The Hall–Kier alpha value is -1.55. The molecule has 0 aromatic heterocycles. The van der Waals surface area contributed by atoms with Gasteiger partial charge in [-0.05, 0) is 29.4 Å². The van der Waals surface area contributed by atoms with Gasteiger partial charge in [0.15, 0.2) is 0 Å². The van der Waals surface area contributed by atoms with Gasteiger partial charge in [0.05, 0.1) is 7.11 Å². The molecule has 0 saturated heterocycles. The van der Waals surface area contributed by atoms with E-state index in [1.54, 1.807) is 7.11 Å². The van der Waals surface area contributed by atoms with Crippen molar-refractivity contribution in [2.75, 3.05) is 20.2 Å². The minimum atomic E-state index is -0.125. The fourth-order valence-corrected chi connectivity index (χ4v) is 2.95. The zero-order valence-electron chi connectivity index (χ0n) is 15.9. The van der Waals surface area contributed by atoms with Crippen LogP contribution < -0.4 is 15.8 Å². The lowest BCUT2D eigenvalue weighted by atomic mass is 9.76. The van der Waals surface area contributed by atoms with E-state index < -0.39 is 0 Å². The molecule has 1 amide bonds. The molecule has 0 radical (unpaired) electrons. The summed E-state index contributed by atoms with van der Waals surface area (Å²) in [5.74, 6) is 0.810. The van der Waals surface area contributed by atoms with Crippen molar-refractivity contribution in [2.45, 2.75) is 59.3 Å². The summed E-state index contributed by atoms with van der Waals surface area (Å²) in [5.41, 5.74) is 9.06. The van der Waals surface area contributed by atoms with E-state index in [2.05, 4.69) is 46.9 Å². The van der Waals surface area contributed by atoms with Gasteiger partial charge in [0.2, 0.25) is 0 Å². The minimum absolute atomic E-state index is 0.0772. The molecule has 0 atom stereocenters. The zero-order chi connectivity index (χ0) is 18.0. The molecule has 130 valence electrons. The zero-order valence-corrected chi connectivity index (χ0v) is 15.9. The van der Waals surface area contributed by atoms with E-state index in [-0.39, 0.29) is 16.7 Å². The molecule has 23 heavy (non-hydrogen) atoms. The van der Waals surface area contributed by atoms with Crippen LogP contribution in [0.15, 0.2) is 6.07 Å². The molecule has 0 aliphatic heterocycles. The lowest BCUT2D eigenvalue weighted by Gasteiger charge is -2.31. The summed E-state index contributed by atoms with van der Waals surface area (Å²) < 4.78 is 5.77. The lowest BCUT2D eigenvalue weighted by Crippen LogP contribution is -2.31. The molecule has 0 fully saturated rings. The van der Waals surface area contributed by atoms with Crippen LogP contribution in [0.2, 0.25) is 0 Å². The topological polar surface area (TPSA) is 64.3 Å². The number of benzene rings is 1. The Kier molecular flexibility index (Phi) is 5.86. The number of ether oxygens (including phenoxy) is 1. The molecule has 4 heteroatoms. The molecule has 0 spiro atoms. The third-order valence-corrected chi connectivity index (χ3v) is 3.98. The number of carbonyl (C=O) groups excluding carboxylic acids is 1. The Morgan fingerprint density at radius 1 is 1.17 bits per heavy atom. The van der Waals surface area contributed by atoms with E-state index in [4.69, 9.17) is 10.5 Å². The highest BCUT2D eigenvalue weighted by atomic mass is 16.5. The third kappa shape index (κ3) is 4.25. The first-order chi connectivity index (χ1) is 10.4. The lowest BCUT2D eigenvalue weighted by molar-refractivity contribution is 0.0954. The Balaban J connectivity index is 3.71. The highest BCUT2D eigenvalue weighted by Gasteiger charge is 2.31. The average molecular weight is 320 g/mol. The predicted octanol–water partition coefficient (Wildman–Crippen LogP) is 3.29. The molecule has 1 rings (SSSR count). The van der Waals surface area contributed by atoms with Crippen LogP contribution in [0.1, 0.15) is 68.6 Å². The normalized spacial score (nSPS) is 12.2. The van der Waals surface area contributed by atoms with E-state index in [1.165, 1.54) is 0 Å². The second kappa shape index (κ2) is 6.91. The van der Waals surface area contributed by atoms with Crippen molar-refractivity contribution in [3.63, 3.8) is 0 Å². The number of carbonyl (C=O) groups is 1. The number of amides is 1. The van der Waals surface area contributed by atoms with Crippen LogP contribution in [0.5, 0.6) is 5.75 Å². The van der Waals surface area contributed by atoms with Crippen LogP contribution in [0.3, 0.4) is 0 Å². The molecule has 0 aliphatic rings. The van der Waals surface area contributed by atoms with Crippen LogP contribution in [-0.2, 0) is 10.8 Å². The van der Waals surface area contributed by atoms with Crippen molar-refractivity contribution >= 4 is 5.91 Å². The van der Waals surface area contributed by atoms with Crippen molar-refractivity contribution in [3.8, 4) is 5.75 Å². The fourth-order valence-electron chi connectivity index (χ4n) is 2.95. The highest BCUT2D eigenvalue weighted by Crippen LogP contribution is 2.42. The number of nitrogens with one attached hydrogen (secondary N) is 1. The van der Waals surface area contributed by atoms with Crippen LogP contribution in [0.4, 0.5) is 0 Å². The van der Waals surface area contributed by atoms with Gasteiger partial charge in [-0.15, -0.1) is 0 Å². The number of hydrogen-bond acceptors (Lipinski definition) is 3. The number of hydrogen-bond donors (Lipinski definition) is 2. The van der Waals surface area contributed by atoms with Gasteiger partial charge < -0.3 is 15.8 Å². The molecular formula is C19H32N2O2. The molecule has 0 unspecified atom stereocenters. The van der Waals surface area contributed by atoms with Crippen molar-refractivity contribution in [1.82, 2.24) is 5.32 Å². The standard InChI is InChI=1S/C19H32N2O2/c1-12-13(17(22)21-10-9-20)11-14(18(2,3)4)16(23-8)15(12)19(5,6)7/h11H,9-10,20H2,1-8H3,(H,21,22). The van der Waals surface area contributed by atoms with Crippen molar-refractivity contribution in [3.05, 3.63) is 28.3 Å². The Morgan fingerprint density at radius 3 is 2.13 bits per heavy atom. The van der Waals surface area contributed by atoms with Gasteiger partial charge in [0.1, 0.15) is 5.75 Å². The minimum Gasteiger partial charge on any atom is -0.496 e. The van der Waals surface area contributed by atoms with E-state index in [9.17, 15) is 4.79 Å². The summed E-state index contributed by atoms with van der Waals surface area (Å²) in [6, 6.07) is 1.97. The molecule has 1 aromatic carbocycles. The Morgan fingerprint density at radius 2 is 1.74 bits per heavy atom. The van der Waals surface area contributed by atoms with E-state index in [0.29, 0.717) is 18.7 Å². The van der Waals surface area contributed by atoms with Gasteiger partial charge in [0.25, 0.3) is 5.91 Å². The molecule has 0 aliphatic carbocycles. The first-order valence-electron chi connectivity index (χ1n) is 8.16. The van der Waals surface area contributed by atoms with Crippen molar-refractivity contribution in [2.24, 2.45) is 5.73 Å². The molecule has 0 bridgehead atoms. The summed E-state index contributed by atoms with van der Waals surface area (Å²) >= 11 is 0. The predicted molar refractivity (Wildman–Crippen MR) is 96.5 cm³/mol. The molecule has 0 saturated carbocycles. The van der Waals surface area contributed by atoms with Gasteiger partial charge in [-0.25, -0.2) is 0 Å². The number of nitrogens with two attached hydrogens (primary N) is 1. The van der Waals surface area contributed by atoms with Gasteiger partial charge in [0, 0.05) is 29.8 Å². The smallest absolute Gasteiger partial charge is 0.251 e. The third-order valence-electron chi connectivity index (χ3n) is 3.98. The second-order valence-corrected chi connectivity index (χ2v) is 8.05. The molecule has 0 heterocycles. The SMILES string of the molecule is COc1c(C(C)(C)C)cc(C(=O)NCCN)c(C)c1C(C)(C)C. The number of methoxy groups -OCH3 is 1. The first-order valence-corrected chi connectivity index (χ1v) is 8.16. The molecule has 3 N–H and O–H groups in total. The largest absolute Gasteiger partial charge is 0.496 e. The van der Waals surface area contributed by atoms with E-state index in [1.807, 2.05) is 13.0 Å². The molecular weight excluding hydrogens is 288 g/mol. The second-order valence-electron chi connectivity index (χ2n) is 8.05. The summed E-state index contributed by atoms with van der Waals surface area (Å²) in [6.07, 6.45) is 0. The fraction of sp³-hybridized carbons (Fsp3) is 0.632. The van der Waals surface area contributed by atoms with E-state index >= 15 is 0 Å². The molecule has 4 nitrogen and oxygen atoms in total. The maximum atomic E-state index is 12.6. The van der Waals surface area contributed by atoms with Crippen LogP contribution in [0, 0.1) is 6.92 Å². The molecule has 1 aromatic rings. The van der Waals surface area contributed by atoms with Crippen molar-refractivity contribution < 1.29 is 9.53 Å². The number of rotatable bonds is 4. The van der Waals surface area contributed by atoms with Crippen LogP contribution in [0.25, 0.3) is 0 Å². The summed E-state index contributed by atoms with van der Waals surface area (Å²) in [7, 11) is 1.70. The first kappa shape index (κ1) is 19.5. The Labute approximate surface area is 140 Å². The summed E-state index contributed by atoms with van der Waals surface area (Å²) in [4.78, 5) is 12.6. The van der Waals surface area contributed by atoms with E-state index in [0.717, 1.165) is 22.4 Å². The van der Waals surface area contributed by atoms with Gasteiger partial charge in [-0.2, -0.15) is 0 Å². The van der Waals surface area contributed by atoms with Gasteiger partial charge >= 0.3 is 0 Å². The van der Waals surface area contributed by atoms with Gasteiger partial charge in [-0.1, -0.05) is 41.5 Å². The van der Waals surface area contributed by atoms with Gasteiger partial charge in [-0.3, -0.25) is 4.79 Å². The maximum Gasteiger partial charge on any atom is 0.251 e. The Bertz CT molecular complexity index is 579. The van der Waals surface area contributed by atoms with Crippen molar-refractivity contribution in [1.29, 1.82) is 0 Å². The average Bonchev–Trinajstić information content (AvgIpc) is 2.41. The van der Waals surface area contributed by atoms with Crippen LogP contribution >= 0.6 is 0 Å². The maximum absolute atomic E-state index is 12.6. The summed E-state index contributed by atoms with van der Waals surface area (Å²) in [5, 5.41) is 2.88. The van der Waals surface area contributed by atoms with Crippen LogP contribution in [-0.4, -0.2) is 26.1 Å². The monoisotopic (exact) mass is 320 g/mol.